The fourth-order valence-electron chi connectivity index (χ4n) is 4.32. The van der Waals surface area contributed by atoms with Crippen LogP contribution in [0.1, 0.15) is 104 Å². The molecule has 0 radical (unpaired) electrons. The maximum atomic E-state index is 12.5. The molecule has 0 bridgehead atoms. The van der Waals surface area contributed by atoms with E-state index in [1.807, 2.05) is 4.57 Å². The van der Waals surface area contributed by atoms with Gasteiger partial charge < -0.3 is 9.30 Å². The van der Waals surface area contributed by atoms with Crippen LogP contribution in [0.25, 0.3) is 11.2 Å². The number of imidazole rings is 1. The highest BCUT2D eigenvalue weighted by Crippen LogP contribution is 2.23. The second-order valence-corrected chi connectivity index (χ2v) is 10.2. The number of carbonyl (C=O) groups excluding carboxylic acids is 1. The van der Waals surface area contributed by atoms with Gasteiger partial charge in [-0.1, -0.05) is 102 Å². The lowest BCUT2D eigenvalue weighted by Crippen LogP contribution is -2.29. The van der Waals surface area contributed by atoms with Crippen molar-refractivity contribution in [2.75, 3.05) is 12.4 Å². The number of fused-ring (bicyclic) bond motifs is 1. The molecule has 0 fully saturated rings. The van der Waals surface area contributed by atoms with Gasteiger partial charge in [-0.2, -0.15) is 0 Å². The number of hydrogen-bond donors (Lipinski definition) is 1. The number of esters is 1. The Labute approximate surface area is 213 Å². The van der Waals surface area contributed by atoms with Crippen molar-refractivity contribution < 1.29 is 9.53 Å². The molecule has 2 aromatic heterocycles. The summed E-state index contributed by atoms with van der Waals surface area (Å²) in [7, 11) is 1.59. The number of aryl methyl sites for hydroxylation is 2. The number of aromatic amines is 1. The topological polar surface area (TPSA) is 99.0 Å². The van der Waals surface area contributed by atoms with Crippen molar-refractivity contribution in [3.63, 3.8) is 0 Å². The Morgan fingerprint density at radius 3 is 1.97 bits per heavy atom. The molecule has 1 N–H and O–H groups in total. The van der Waals surface area contributed by atoms with Crippen LogP contribution in [-0.4, -0.2) is 37.4 Å². The lowest BCUT2D eigenvalue weighted by molar-refractivity contribution is -0.139. The summed E-state index contributed by atoms with van der Waals surface area (Å²) in [6, 6.07) is 0. The van der Waals surface area contributed by atoms with Crippen LogP contribution in [0.3, 0.4) is 0 Å². The number of nitrogens with one attached hydrogen (secondary N) is 1. The summed E-state index contributed by atoms with van der Waals surface area (Å²) in [6.45, 7) is 4.97. The second kappa shape index (κ2) is 16.6. The Balaban J connectivity index is 1.78. The molecule has 2 heterocycles. The van der Waals surface area contributed by atoms with Gasteiger partial charge in [-0.25, -0.2) is 9.78 Å². The highest BCUT2D eigenvalue weighted by molar-refractivity contribution is 7.99. The molecule has 0 amide bonds. The first-order chi connectivity index (χ1) is 17.0. The summed E-state index contributed by atoms with van der Waals surface area (Å²) in [5.74, 6) is -0.211. The van der Waals surface area contributed by atoms with Gasteiger partial charge in [0.25, 0.3) is 5.56 Å². The number of thioether (sulfide) groups is 1. The van der Waals surface area contributed by atoms with Crippen molar-refractivity contribution in [3.8, 4) is 0 Å². The van der Waals surface area contributed by atoms with Crippen LogP contribution in [0.4, 0.5) is 0 Å². The summed E-state index contributed by atoms with van der Waals surface area (Å²) in [6.07, 6.45) is 17.9. The first-order valence-electron chi connectivity index (χ1n) is 13.5. The lowest BCUT2D eigenvalue weighted by Gasteiger charge is -2.08. The molecule has 0 aliphatic rings. The van der Waals surface area contributed by atoms with Crippen molar-refractivity contribution in [2.45, 2.75) is 115 Å². The molecule has 0 saturated carbocycles. The summed E-state index contributed by atoms with van der Waals surface area (Å²) in [5.41, 5.74) is -0.210. The molecule has 0 aromatic carbocycles. The number of aromatic nitrogens is 4. The second-order valence-electron chi connectivity index (χ2n) is 9.23. The van der Waals surface area contributed by atoms with Gasteiger partial charge in [0.2, 0.25) is 0 Å². The van der Waals surface area contributed by atoms with Gasteiger partial charge in [0.15, 0.2) is 16.3 Å². The fourth-order valence-corrected chi connectivity index (χ4v) is 5.14. The zero-order chi connectivity index (χ0) is 25.5. The van der Waals surface area contributed by atoms with Crippen molar-refractivity contribution in [2.24, 2.45) is 7.05 Å². The SMILES string of the molecule is CCCCCCCCCCCCCCCCn1c(SCC(=O)OCC)nc2c1c(=O)[nH]c(=O)n2C. The fraction of sp³-hybridized carbons (Fsp3) is 0.769. The molecule has 0 atom stereocenters. The normalized spacial score (nSPS) is 11.4. The van der Waals surface area contributed by atoms with Crippen molar-refractivity contribution in [1.82, 2.24) is 19.1 Å². The maximum Gasteiger partial charge on any atom is 0.329 e. The molecule has 2 rings (SSSR count). The van der Waals surface area contributed by atoms with Crippen LogP contribution in [-0.2, 0) is 23.1 Å². The molecule has 0 unspecified atom stereocenters. The first-order valence-corrected chi connectivity index (χ1v) is 14.5. The monoisotopic (exact) mass is 508 g/mol. The van der Waals surface area contributed by atoms with Gasteiger partial charge >= 0.3 is 11.7 Å². The number of rotatable bonds is 19. The molecule has 35 heavy (non-hydrogen) atoms. The van der Waals surface area contributed by atoms with E-state index in [2.05, 4.69) is 16.9 Å². The Kier molecular flexibility index (Phi) is 13.9. The number of hydrogen-bond acceptors (Lipinski definition) is 6. The molecule has 198 valence electrons. The number of nitrogens with zero attached hydrogens (tertiary/aromatic N) is 3. The smallest absolute Gasteiger partial charge is 0.329 e. The highest BCUT2D eigenvalue weighted by Gasteiger charge is 2.18. The van der Waals surface area contributed by atoms with E-state index in [-0.39, 0.29) is 11.7 Å². The van der Waals surface area contributed by atoms with Crippen LogP contribution >= 0.6 is 11.8 Å². The van der Waals surface area contributed by atoms with Crippen LogP contribution in [0.2, 0.25) is 0 Å². The first kappa shape index (κ1) is 29.2. The third kappa shape index (κ3) is 9.86. The average molecular weight is 509 g/mol. The van der Waals surface area contributed by atoms with Crippen molar-refractivity contribution in [3.05, 3.63) is 20.8 Å². The van der Waals surface area contributed by atoms with Gasteiger partial charge in [0.1, 0.15) is 0 Å². The Morgan fingerprint density at radius 1 is 0.886 bits per heavy atom. The van der Waals surface area contributed by atoms with E-state index in [0.717, 1.165) is 12.8 Å². The quantitative estimate of drug-likeness (QED) is 0.151. The van der Waals surface area contributed by atoms with Crippen LogP contribution in [0.15, 0.2) is 14.7 Å². The minimum absolute atomic E-state index is 0.113. The predicted molar refractivity (Wildman–Crippen MR) is 143 cm³/mol. The Bertz CT molecular complexity index is 1010. The molecule has 2 aromatic rings. The third-order valence-electron chi connectivity index (χ3n) is 6.33. The molecular weight excluding hydrogens is 464 g/mol. The molecule has 0 aliphatic carbocycles. The summed E-state index contributed by atoms with van der Waals surface area (Å²) < 4.78 is 8.20. The zero-order valence-corrected chi connectivity index (χ0v) is 22.7. The van der Waals surface area contributed by atoms with E-state index in [9.17, 15) is 14.4 Å². The number of carbonyl (C=O) groups is 1. The van der Waals surface area contributed by atoms with E-state index in [1.54, 1.807) is 14.0 Å². The molecule has 0 spiro atoms. The van der Waals surface area contributed by atoms with Crippen molar-refractivity contribution >= 4 is 28.9 Å². The van der Waals surface area contributed by atoms with Gasteiger partial charge in [0, 0.05) is 13.6 Å². The molecule has 8 nitrogen and oxygen atoms in total. The lowest BCUT2D eigenvalue weighted by atomic mass is 10.0. The Hall–Kier alpha value is -2.03. The molecular formula is C26H44N4O4S. The Morgan fingerprint density at radius 2 is 1.43 bits per heavy atom. The van der Waals surface area contributed by atoms with Gasteiger partial charge in [0.05, 0.1) is 12.4 Å². The maximum absolute atomic E-state index is 12.5. The summed E-state index contributed by atoms with van der Waals surface area (Å²) in [4.78, 5) is 43.2. The largest absolute Gasteiger partial charge is 0.465 e. The molecule has 0 aliphatic heterocycles. The van der Waals surface area contributed by atoms with E-state index in [4.69, 9.17) is 4.74 Å². The molecule has 0 saturated heterocycles. The van der Waals surface area contributed by atoms with E-state index in [0.29, 0.717) is 29.5 Å². The number of ether oxygens (including phenoxy) is 1. The minimum Gasteiger partial charge on any atom is -0.465 e. The zero-order valence-electron chi connectivity index (χ0n) is 21.9. The minimum atomic E-state index is -0.495. The van der Waals surface area contributed by atoms with E-state index in [1.165, 1.54) is 93.4 Å². The number of H-pyrrole nitrogens is 1. The van der Waals surface area contributed by atoms with Crippen LogP contribution in [0, 0.1) is 0 Å². The number of unbranched alkanes of at least 4 members (excludes halogenated alkanes) is 13. The van der Waals surface area contributed by atoms with Gasteiger partial charge in [-0.3, -0.25) is 19.1 Å². The predicted octanol–water partition coefficient (Wildman–Crippen LogP) is 5.56. The standard InChI is InChI=1S/C26H44N4O4S/c1-4-6-7-8-9-10-11-12-13-14-15-16-17-18-19-30-22-23(29(3)25(33)28-24(22)32)27-26(30)35-20-21(31)34-5-2/h4-20H2,1-3H3,(H,28,32,33). The van der Waals surface area contributed by atoms with E-state index < -0.39 is 11.2 Å². The average Bonchev–Trinajstić information content (AvgIpc) is 3.21. The van der Waals surface area contributed by atoms with Crippen LogP contribution in [0.5, 0.6) is 0 Å². The van der Waals surface area contributed by atoms with Crippen LogP contribution < -0.4 is 11.2 Å². The molecule has 9 heteroatoms. The van der Waals surface area contributed by atoms with Crippen molar-refractivity contribution in [1.29, 1.82) is 0 Å². The van der Waals surface area contributed by atoms with Gasteiger partial charge in [-0.15, -0.1) is 0 Å². The van der Waals surface area contributed by atoms with Gasteiger partial charge in [-0.05, 0) is 13.3 Å². The summed E-state index contributed by atoms with van der Waals surface area (Å²) in [5, 5.41) is 0.564. The highest BCUT2D eigenvalue weighted by atomic mass is 32.2. The summed E-state index contributed by atoms with van der Waals surface area (Å²) >= 11 is 1.24. The third-order valence-corrected chi connectivity index (χ3v) is 7.28. The van der Waals surface area contributed by atoms with E-state index >= 15 is 0 Å².